The van der Waals surface area contributed by atoms with Crippen molar-refractivity contribution >= 4 is 23.8 Å². The smallest absolute Gasteiger partial charge is 0.405 e. The Bertz CT molecular complexity index is 213. The molecule has 0 saturated carbocycles. The van der Waals surface area contributed by atoms with Gasteiger partial charge < -0.3 is 20.9 Å². The summed E-state index contributed by atoms with van der Waals surface area (Å²) < 4.78 is 4.64. The van der Waals surface area contributed by atoms with Crippen LogP contribution in [0, 0.1) is 0 Å². The number of nitrogens with one attached hydrogen (secondary N) is 1. The molecule has 7 heteroatoms. The van der Waals surface area contributed by atoms with Crippen LogP contribution in [-0.2, 0) is 9.53 Å². The molecule has 4 N–H and O–H groups in total. The van der Waals surface area contributed by atoms with Gasteiger partial charge in [0.2, 0.25) is 0 Å². The fraction of sp³-hybridized carbons (Fsp3) is 0.750. The molecule has 0 spiro atoms. The van der Waals surface area contributed by atoms with Crippen LogP contribution in [0.1, 0.15) is 6.42 Å². The van der Waals surface area contributed by atoms with Crippen molar-refractivity contribution in [1.82, 2.24) is 5.32 Å². The molecule has 0 saturated heterocycles. The van der Waals surface area contributed by atoms with E-state index in [1.807, 2.05) is 6.26 Å². The van der Waals surface area contributed by atoms with Crippen LogP contribution in [0.25, 0.3) is 0 Å². The summed E-state index contributed by atoms with van der Waals surface area (Å²) >= 11 is 1.54. The summed E-state index contributed by atoms with van der Waals surface area (Å²) in [4.78, 5) is 21.9. The zero-order valence-corrected chi connectivity index (χ0v) is 9.38. The number of aliphatic hydroxyl groups is 1. The van der Waals surface area contributed by atoms with Crippen molar-refractivity contribution in [3.63, 3.8) is 0 Å². The van der Waals surface area contributed by atoms with Gasteiger partial charge in [0.05, 0.1) is 6.61 Å². The zero-order chi connectivity index (χ0) is 11.7. The Kier molecular flexibility index (Phi) is 7.84. The maximum atomic E-state index is 11.4. The van der Waals surface area contributed by atoms with E-state index in [0.29, 0.717) is 12.2 Å². The first-order valence-corrected chi connectivity index (χ1v) is 5.84. The lowest BCUT2D eigenvalue weighted by molar-refractivity contribution is -0.129. The topological polar surface area (TPSA) is 102 Å². The predicted octanol–water partition coefficient (Wildman–Crippen LogP) is -0.688. The van der Waals surface area contributed by atoms with Gasteiger partial charge in [-0.15, -0.1) is 0 Å². The van der Waals surface area contributed by atoms with E-state index in [4.69, 9.17) is 10.8 Å². The number of amides is 2. The van der Waals surface area contributed by atoms with Crippen LogP contribution in [0.15, 0.2) is 0 Å². The van der Waals surface area contributed by atoms with Gasteiger partial charge in [0.15, 0.2) is 6.10 Å². The molecule has 0 aliphatic heterocycles. The number of hydrogen-bond donors (Lipinski definition) is 3. The highest BCUT2D eigenvalue weighted by Crippen LogP contribution is 2.04. The SMILES string of the molecule is CSCCC(OC(N)=O)C(=O)NCCO. The van der Waals surface area contributed by atoms with Crippen LogP contribution < -0.4 is 11.1 Å². The van der Waals surface area contributed by atoms with E-state index >= 15 is 0 Å². The molecule has 0 aromatic rings. The average Bonchev–Trinajstić information content (AvgIpc) is 2.20. The molecule has 15 heavy (non-hydrogen) atoms. The van der Waals surface area contributed by atoms with Crippen LogP contribution in [0.4, 0.5) is 4.79 Å². The Balaban J connectivity index is 4.07. The second kappa shape index (κ2) is 8.37. The number of ether oxygens (including phenoxy) is 1. The second-order valence-electron chi connectivity index (χ2n) is 2.72. The van der Waals surface area contributed by atoms with Gasteiger partial charge in [-0.2, -0.15) is 11.8 Å². The van der Waals surface area contributed by atoms with Crippen molar-refractivity contribution in [2.75, 3.05) is 25.2 Å². The van der Waals surface area contributed by atoms with Gasteiger partial charge in [0.25, 0.3) is 5.91 Å². The van der Waals surface area contributed by atoms with Gasteiger partial charge in [-0.25, -0.2) is 4.79 Å². The number of nitrogens with two attached hydrogens (primary N) is 1. The highest BCUT2D eigenvalue weighted by Gasteiger charge is 2.20. The van der Waals surface area contributed by atoms with E-state index in [0.717, 1.165) is 0 Å². The molecule has 1 atom stereocenters. The molecule has 2 amide bonds. The van der Waals surface area contributed by atoms with Crippen LogP contribution >= 0.6 is 11.8 Å². The van der Waals surface area contributed by atoms with Crippen molar-refractivity contribution in [2.24, 2.45) is 5.73 Å². The minimum Gasteiger partial charge on any atom is -0.436 e. The number of rotatable bonds is 7. The maximum absolute atomic E-state index is 11.4. The Morgan fingerprint density at radius 3 is 2.73 bits per heavy atom. The lowest BCUT2D eigenvalue weighted by Crippen LogP contribution is -2.40. The molecule has 0 rings (SSSR count). The molecule has 1 unspecified atom stereocenters. The number of hydrogen-bond acceptors (Lipinski definition) is 5. The first kappa shape index (κ1) is 14.1. The molecule has 0 bridgehead atoms. The quantitative estimate of drug-likeness (QED) is 0.543. The molecular formula is C8H16N2O4S. The first-order chi connectivity index (χ1) is 7.11. The summed E-state index contributed by atoms with van der Waals surface area (Å²) in [5, 5.41) is 10.9. The lowest BCUT2D eigenvalue weighted by atomic mass is 10.2. The second-order valence-corrected chi connectivity index (χ2v) is 3.71. The molecule has 0 aromatic heterocycles. The number of aliphatic hydroxyl groups excluding tert-OH is 1. The minimum atomic E-state index is -0.972. The van der Waals surface area contributed by atoms with Gasteiger partial charge in [-0.1, -0.05) is 0 Å². The van der Waals surface area contributed by atoms with Gasteiger partial charge in [-0.3, -0.25) is 4.79 Å². The molecule has 0 radical (unpaired) electrons. The van der Waals surface area contributed by atoms with E-state index in [1.54, 1.807) is 0 Å². The van der Waals surface area contributed by atoms with Gasteiger partial charge >= 0.3 is 6.09 Å². The molecule has 6 nitrogen and oxygen atoms in total. The third kappa shape index (κ3) is 7.03. The van der Waals surface area contributed by atoms with E-state index in [2.05, 4.69) is 10.1 Å². The lowest BCUT2D eigenvalue weighted by Gasteiger charge is -2.15. The summed E-state index contributed by atoms with van der Waals surface area (Å²) in [6.07, 6.45) is 0.440. The third-order valence-corrected chi connectivity index (χ3v) is 2.19. The monoisotopic (exact) mass is 236 g/mol. The molecule has 0 aromatic carbocycles. The highest BCUT2D eigenvalue weighted by atomic mass is 32.2. The number of carbonyl (C=O) groups excluding carboxylic acids is 2. The standard InChI is InChI=1S/C8H16N2O4S/c1-15-5-2-6(14-8(9)13)7(12)10-3-4-11/h6,11H,2-5H2,1H3,(H2,9,13)(H,10,12). The third-order valence-electron chi connectivity index (χ3n) is 1.55. The van der Waals surface area contributed by atoms with E-state index in [1.165, 1.54) is 11.8 Å². The summed E-state index contributed by atoms with van der Waals surface area (Å²) in [6.45, 7) is -0.0196. The fourth-order valence-corrected chi connectivity index (χ4v) is 1.35. The van der Waals surface area contributed by atoms with Crippen LogP contribution in [-0.4, -0.2) is 48.4 Å². The number of thioether (sulfide) groups is 1. The fourth-order valence-electron chi connectivity index (χ4n) is 0.902. The van der Waals surface area contributed by atoms with E-state index in [-0.39, 0.29) is 13.2 Å². The Labute approximate surface area is 92.5 Å². The van der Waals surface area contributed by atoms with Crippen molar-refractivity contribution in [2.45, 2.75) is 12.5 Å². The van der Waals surface area contributed by atoms with Crippen LogP contribution in [0.5, 0.6) is 0 Å². The van der Waals surface area contributed by atoms with Crippen LogP contribution in [0.3, 0.4) is 0 Å². The van der Waals surface area contributed by atoms with Gasteiger partial charge in [0, 0.05) is 13.0 Å². The largest absolute Gasteiger partial charge is 0.436 e. The van der Waals surface area contributed by atoms with E-state index in [9.17, 15) is 9.59 Å². The summed E-state index contributed by atoms with van der Waals surface area (Å²) in [5.41, 5.74) is 4.83. The Morgan fingerprint density at radius 1 is 1.60 bits per heavy atom. The zero-order valence-electron chi connectivity index (χ0n) is 8.56. The molecule has 0 fully saturated rings. The molecule has 0 aliphatic carbocycles. The molecular weight excluding hydrogens is 220 g/mol. The predicted molar refractivity (Wildman–Crippen MR) is 57.6 cm³/mol. The Hall–Kier alpha value is -0.950. The van der Waals surface area contributed by atoms with Crippen molar-refractivity contribution in [3.8, 4) is 0 Å². The highest BCUT2D eigenvalue weighted by molar-refractivity contribution is 7.98. The summed E-state index contributed by atoms with van der Waals surface area (Å²) in [6, 6.07) is 0. The molecule has 88 valence electrons. The van der Waals surface area contributed by atoms with Gasteiger partial charge in [0.1, 0.15) is 0 Å². The first-order valence-electron chi connectivity index (χ1n) is 4.45. The van der Waals surface area contributed by atoms with Crippen molar-refractivity contribution in [3.05, 3.63) is 0 Å². The number of primary amides is 1. The summed E-state index contributed by atoms with van der Waals surface area (Å²) in [7, 11) is 0. The molecule has 0 heterocycles. The average molecular weight is 236 g/mol. The Morgan fingerprint density at radius 2 is 2.27 bits per heavy atom. The summed E-state index contributed by atoms with van der Waals surface area (Å²) in [5.74, 6) is 0.252. The van der Waals surface area contributed by atoms with Crippen LogP contribution in [0.2, 0.25) is 0 Å². The normalized spacial score (nSPS) is 11.9. The van der Waals surface area contributed by atoms with E-state index < -0.39 is 18.1 Å². The molecule has 0 aliphatic rings. The number of carbonyl (C=O) groups is 2. The minimum absolute atomic E-state index is 0.136. The van der Waals surface area contributed by atoms with Crippen molar-refractivity contribution in [1.29, 1.82) is 0 Å². The van der Waals surface area contributed by atoms with Gasteiger partial charge in [-0.05, 0) is 12.0 Å². The van der Waals surface area contributed by atoms with Crippen molar-refractivity contribution < 1.29 is 19.4 Å². The maximum Gasteiger partial charge on any atom is 0.405 e.